The van der Waals surface area contributed by atoms with Gasteiger partial charge >= 0.3 is 11.9 Å². The van der Waals surface area contributed by atoms with Gasteiger partial charge in [-0.3, -0.25) is 0 Å². The highest BCUT2D eigenvalue weighted by atomic mass is 16.6. The fourth-order valence-corrected chi connectivity index (χ4v) is 5.31. The maximum atomic E-state index is 11.9. The minimum Gasteiger partial charge on any atom is -0.478 e. The molecule has 0 aromatic heterocycles. The fraction of sp³-hybridized carbons (Fsp3) is 0.750. The summed E-state index contributed by atoms with van der Waals surface area (Å²) in [5.74, 6) is 0.949. The van der Waals surface area contributed by atoms with Crippen LogP contribution in [0.2, 0.25) is 0 Å². The van der Waals surface area contributed by atoms with E-state index >= 15 is 0 Å². The lowest BCUT2D eigenvalue weighted by Gasteiger charge is -2.60. The Morgan fingerprint density at radius 1 is 1.20 bits per heavy atom. The van der Waals surface area contributed by atoms with Gasteiger partial charge in [-0.25, -0.2) is 9.59 Å². The summed E-state index contributed by atoms with van der Waals surface area (Å²) in [7, 11) is 0. The Bertz CT molecular complexity index is 439. The third-order valence-electron chi connectivity index (χ3n) is 5.56. The summed E-state index contributed by atoms with van der Waals surface area (Å²) in [5.41, 5.74) is -0.316. The van der Waals surface area contributed by atoms with Gasteiger partial charge in [-0.1, -0.05) is 6.92 Å². The van der Waals surface area contributed by atoms with Gasteiger partial charge in [-0.15, -0.1) is 0 Å². The molecule has 20 heavy (non-hydrogen) atoms. The first-order valence-electron chi connectivity index (χ1n) is 7.66. The Morgan fingerprint density at radius 2 is 1.85 bits per heavy atom. The summed E-state index contributed by atoms with van der Waals surface area (Å²) >= 11 is 0. The molecule has 4 fully saturated rings. The molecule has 0 aromatic carbocycles. The molecule has 4 bridgehead atoms. The molecular weight excluding hydrogens is 256 g/mol. The largest absolute Gasteiger partial charge is 0.478 e. The summed E-state index contributed by atoms with van der Waals surface area (Å²) in [6, 6.07) is 0. The van der Waals surface area contributed by atoms with Crippen LogP contribution in [0, 0.1) is 23.7 Å². The monoisotopic (exact) mass is 278 g/mol. The maximum Gasteiger partial charge on any atom is 0.331 e. The van der Waals surface area contributed by atoms with Crippen LogP contribution in [0.3, 0.4) is 0 Å². The van der Waals surface area contributed by atoms with Crippen LogP contribution in [0.15, 0.2) is 12.2 Å². The molecule has 0 saturated heterocycles. The van der Waals surface area contributed by atoms with Gasteiger partial charge in [0.05, 0.1) is 0 Å². The van der Waals surface area contributed by atoms with Crippen molar-refractivity contribution in [3.63, 3.8) is 0 Å². The second-order valence-corrected chi connectivity index (χ2v) is 6.78. The number of esters is 1. The van der Waals surface area contributed by atoms with Crippen molar-refractivity contribution in [1.82, 2.24) is 0 Å². The Kier molecular flexibility index (Phi) is 3.35. The molecule has 0 radical (unpaired) electrons. The first-order valence-corrected chi connectivity index (χ1v) is 7.66. The number of carboxylic acids is 1. The van der Waals surface area contributed by atoms with Gasteiger partial charge < -0.3 is 9.84 Å². The highest BCUT2D eigenvalue weighted by Gasteiger charge is 2.58. The lowest BCUT2D eigenvalue weighted by atomic mass is 9.49. The molecule has 4 nitrogen and oxygen atoms in total. The van der Waals surface area contributed by atoms with E-state index in [1.807, 2.05) is 0 Å². The predicted molar refractivity (Wildman–Crippen MR) is 72.9 cm³/mol. The number of carboxylic acid groups (broad SMARTS) is 1. The van der Waals surface area contributed by atoms with Crippen LogP contribution < -0.4 is 0 Å². The molecule has 4 saturated carbocycles. The summed E-state index contributed by atoms with van der Waals surface area (Å²) < 4.78 is 5.82. The van der Waals surface area contributed by atoms with Gasteiger partial charge in [0.25, 0.3) is 0 Å². The van der Waals surface area contributed by atoms with Crippen LogP contribution in [0.25, 0.3) is 0 Å². The van der Waals surface area contributed by atoms with Crippen LogP contribution in [-0.4, -0.2) is 22.6 Å². The number of hydrogen-bond acceptors (Lipinski definition) is 3. The van der Waals surface area contributed by atoms with E-state index in [1.165, 1.54) is 19.3 Å². The van der Waals surface area contributed by atoms with E-state index in [4.69, 9.17) is 9.84 Å². The molecule has 4 aliphatic carbocycles. The molecule has 0 amide bonds. The van der Waals surface area contributed by atoms with Gasteiger partial charge in [0.2, 0.25) is 0 Å². The molecule has 4 heteroatoms. The normalized spacial score (nSPS) is 42.0. The van der Waals surface area contributed by atoms with E-state index in [-0.39, 0.29) is 5.60 Å². The zero-order chi connectivity index (χ0) is 14.3. The topological polar surface area (TPSA) is 63.6 Å². The van der Waals surface area contributed by atoms with Crippen LogP contribution >= 0.6 is 0 Å². The first kappa shape index (κ1) is 13.7. The Morgan fingerprint density at radius 3 is 2.40 bits per heavy atom. The summed E-state index contributed by atoms with van der Waals surface area (Å²) in [6.07, 6.45) is 8.78. The van der Waals surface area contributed by atoms with Crippen molar-refractivity contribution in [2.24, 2.45) is 23.7 Å². The number of rotatable bonds is 4. The number of hydrogen-bond donors (Lipinski definition) is 1. The van der Waals surface area contributed by atoms with Gasteiger partial charge in [0.15, 0.2) is 0 Å². The van der Waals surface area contributed by atoms with E-state index in [0.717, 1.165) is 31.4 Å². The average Bonchev–Trinajstić information content (AvgIpc) is 2.35. The van der Waals surface area contributed by atoms with Crippen LogP contribution in [-0.2, 0) is 14.3 Å². The summed E-state index contributed by atoms with van der Waals surface area (Å²) in [6.45, 7) is 2.18. The second kappa shape index (κ2) is 4.90. The smallest absolute Gasteiger partial charge is 0.331 e. The van der Waals surface area contributed by atoms with Crippen LogP contribution in [0.5, 0.6) is 0 Å². The number of carbonyl (C=O) groups is 2. The van der Waals surface area contributed by atoms with Crippen molar-refractivity contribution >= 4 is 11.9 Å². The fourth-order valence-electron chi connectivity index (χ4n) is 5.31. The Balaban J connectivity index is 1.78. The zero-order valence-electron chi connectivity index (χ0n) is 11.9. The van der Waals surface area contributed by atoms with Crippen LogP contribution in [0.1, 0.15) is 45.4 Å². The molecule has 4 rings (SSSR count). The van der Waals surface area contributed by atoms with Gasteiger partial charge in [-0.05, 0) is 56.3 Å². The highest BCUT2D eigenvalue weighted by molar-refractivity contribution is 5.90. The highest BCUT2D eigenvalue weighted by Crippen LogP contribution is 2.60. The van der Waals surface area contributed by atoms with Gasteiger partial charge in [0, 0.05) is 18.1 Å². The molecule has 0 aliphatic heterocycles. The first-order chi connectivity index (χ1) is 9.52. The summed E-state index contributed by atoms with van der Waals surface area (Å²) in [5, 5.41) is 8.60. The van der Waals surface area contributed by atoms with E-state index in [2.05, 4.69) is 6.92 Å². The molecule has 3 unspecified atom stereocenters. The number of ether oxygens (including phenoxy) is 1. The Hall–Kier alpha value is -1.32. The van der Waals surface area contributed by atoms with Crippen molar-refractivity contribution in [1.29, 1.82) is 0 Å². The standard InChI is InChI=1S/C16H22O4/c1-2-13-12-6-10-5-11(7-12)9-16(13,8-10)20-15(19)4-3-14(17)18/h3-4,10-13H,2,5-9H2,1H3,(H,17,18). The van der Waals surface area contributed by atoms with E-state index in [1.54, 1.807) is 0 Å². The van der Waals surface area contributed by atoms with Crippen LogP contribution in [0.4, 0.5) is 0 Å². The predicted octanol–water partition coefficient (Wildman–Crippen LogP) is 2.78. The quantitative estimate of drug-likeness (QED) is 0.634. The van der Waals surface area contributed by atoms with Crippen molar-refractivity contribution in [2.45, 2.75) is 51.0 Å². The molecule has 4 aliphatic rings. The average molecular weight is 278 g/mol. The van der Waals surface area contributed by atoms with Crippen molar-refractivity contribution in [3.05, 3.63) is 12.2 Å². The van der Waals surface area contributed by atoms with E-state index in [9.17, 15) is 9.59 Å². The van der Waals surface area contributed by atoms with Crippen molar-refractivity contribution < 1.29 is 19.4 Å². The molecule has 0 aromatic rings. The molecule has 0 heterocycles. The molecule has 110 valence electrons. The number of carbonyl (C=O) groups excluding carboxylic acids is 1. The lowest BCUT2D eigenvalue weighted by Crippen LogP contribution is -2.58. The number of aliphatic carboxylic acids is 1. The SMILES string of the molecule is CCC1C2CC3CC(C2)CC1(OC(=O)C=CC(=O)O)C3. The Labute approximate surface area is 119 Å². The molecule has 1 N–H and O–H groups in total. The van der Waals surface area contributed by atoms with E-state index in [0.29, 0.717) is 23.7 Å². The third-order valence-corrected chi connectivity index (χ3v) is 5.56. The van der Waals surface area contributed by atoms with E-state index < -0.39 is 11.9 Å². The van der Waals surface area contributed by atoms with Crippen molar-refractivity contribution in [2.75, 3.05) is 0 Å². The lowest BCUT2D eigenvalue weighted by molar-refractivity contribution is -0.204. The zero-order valence-corrected chi connectivity index (χ0v) is 11.9. The minimum absolute atomic E-state index is 0.316. The van der Waals surface area contributed by atoms with Gasteiger partial charge in [0.1, 0.15) is 5.60 Å². The molecule has 3 atom stereocenters. The molecule has 0 spiro atoms. The molecular formula is C16H22O4. The maximum absolute atomic E-state index is 11.9. The minimum atomic E-state index is -1.11. The second-order valence-electron chi connectivity index (χ2n) is 6.78. The van der Waals surface area contributed by atoms with Crippen molar-refractivity contribution in [3.8, 4) is 0 Å². The van der Waals surface area contributed by atoms with Gasteiger partial charge in [-0.2, -0.15) is 0 Å². The third kappa shape index (κ3) is 2.25. The summed E-state index contributed by atoms with van der Waals surface area (Å²) in [4.78, 5) is 22.4.